The van der Waals surface area contributed by atoms with Crippen molar-refractivity contribution in [1.29, 1.82) is 0 Å². The Balaban J connectivity index is 1.85. The van der Waals surface area contributed by atoms with Gasteiger partial charge in [-0.15, -0.1) is 11.3 Å². The third kappa shape index (κ3) is 11.6. The van der Waals surface area contributed by atoms with E-state index in [1.165, 1.54) is 39.7 Å². The molecular weight excluding hydrogens is 677 g/mol. The normalized spacial score (nSPS) is 14.5. The van der Waals surface area contributed by atoms with Gasteiger partial charge in [0.25, 0.3) is 0 Å². The zero-order valence-electron chi connectivity index (χ0n) is 30.0. The lowest BCUT2D eigenvalue weighted by Gasteiger charge is -2.33. The Bertz CT molecular complexity index is 1650. The van der Waals surface area contributed by atoms with Crippen LogP contribution in [-0.4, -0.2) is 89.4 Å². The number of hydrogen-bond acceptors (Lipinski definition) is 9. The highest BCUT2D eigenvalue weighted by molar-refractivity contribution is 7.89. The van der Waals surface area contributed by atoms with Crippen LogP contribution < -0.4 is 10.6 Å². The van der Waals surface area contributed by atoms with Crippen molar-refractivity contribution in [3.8, 4) is 0 Å². The number of hydrogen-bond donors (Lipinski definition) is 4. The van der Waals surface area contributed by atoms with E-state index in [9.17, 15) is 23.1 Å². The van der Waals surface area contributed by atoms with Gasteiger partial charge in [-0.05, 0) is 41.5 Å². The number of sulfonamides is 1. The summed E-state index contributed by atoms with van der Waals surface area (Å²) in [4.78, 5) is 33.5. The molecule has 2 aromatic carbocycles. The highest BCUT2D eigenvalue weighted by Gasteiger charge is 2.34. The SMILES string of the molecule is CC[C@H](C)[C@@H](NC(=O)N(C)Cc1csc(C(C)C)n1)C(=O)N[C@@H](Cc1ccccc1)C(O)CN(CC(C)C)S(=O)(=O)c1ccc(/C=N/O)cc1. The second kappa shape index (κ2) is 18.9. The molecule has 0 spiro atoms. The van der Waals surface area contributed by atoms with E-state index < -0.39 is 40.1 Å². The minimum absolute atomic E-state index is 0.0193. The van der Waals surface area contributed by atoms with Crippen molar-refractivity contribution >= 4 is 39.5 Å². The molecule has 1 aromatic heterocycles. The summed E-state index contributed by atoms with van der Waals surface area (Å²) < 4.78 is 28.9. The number of aliphatic hydroxyl groups is 1. The van der Waals surface area contributed by atoms with E-state index in [1.54, 1.807) is 18.4 Å². The molecule has 0 aliphatic heterocycles. The van der Waals surface area contributed by atoms with Crippen LogP contribution >= 0.6 is 11.3 Å². The fourth-order valence-electron chi connectivity index (χ4n) is 5.30. The number of amides is 3. The number of nitrogens with zero attached hydrogens (tertiary/aromatic N) is 4. The van der Waals surface area contributed by atoms with Crippen LogP contribution in [-0.2, 0) is 27.8 Å². The molecular formula is C36H52N6O6S2. The van der Waals surface area contributed by atoms with E-state index in [0.717, 1.165) is 16.3 Å². The van der Waals surface area contributed by atoms with Crippen molar-refractivity contribution in [1.82, 2.24) is 24.8 Å². The zero-order valence-corrected chi connectivity index (χ0v) is 31.6. The largest absolute Gasteiger partial charge is 0.411 e. The lowest BCUT2D eigenvalue weighted by atomic mass is 9.96. The van der Waals surface area contributed by atoms with E-state index in [1.807, 2.05) is 63.4 Å². The van der Waals surface area contributed by atoms with E-state index in [4.69, 9.17) is 5.21 Å². The highest BCUT2D eigenvalue weighted by Crippen LogP contribution is 2.22. The summed E-state index contributed by atoms with van der Waals surface area (Å²) in [6.07, 6.45) is 0.714. The van der Waals surface area contributed by atoms with Crippen molar-refractivity contribution in [2.75, 3.05) is 20.1 Å². The summed E-state index contributed by atoms with van der Waals surface area (Å²) in [5, 5.41) is 32.3. The van der Waals surface area contributed by atoms with Crippen LogP contribution in [0.2, 0.25) is 0 Å². The number of aromatic nitrogens is 1. The quantitative estimate of drug-likeness (QED) is 0.0808. The summed E-state index contributed by atoms with van der Waals surface area (Å²) >= 11 is 1.55. The Morgan fingerprint density at radius 1 is 1.00 bits per heavy atom. The fourth-order valence-corrected chi connectivity index (χ4v) is 7.75. The minimum Gasteiger partial charge on any atom is -0.411 e. The monoisotopic (exact) mass is 728 g/mol. The molecule has 0 fully saturated rings. The Morgan fingerprint density at radius 2 is 1.66 bits per heavy atom. The van der Waals surface area contributed by atoms with Gasteiger partial charge in [-0.1, -0.05) is 95.6 Å². The zero-order chi connectivity index (χ0) is 37.0. The van der Waals surface area contributed by atoms with Gasteiger partial charge in [-0.3, -0.25) is 4.79 Å². The molecule has 4 atom stereocenters. The maximum atomic E-state index is 14.0. The molecule has 1 unspecified atom stereocenters. The third-order valence-corrected chi connectivity index (χ3v) is 11.4. The molecule has 4 N–H and O–H groups in total. The van der Waals surface area contributed by atoms with Crippen molar-refractivity contribution in [3.63, 3.8) is 0 Å². The van der Waals surface area contributed by atoms with Crippen molar-refractivity contribution in [2.24, 2.45) is 17.0 Å². The summed E-state index contributed by atoms with van der Waals surface area (Å²) in [6, 6.07) is 13.0. The van der Waals surface area contributed by atoms with Gasteiger partial charge in [-0.25, -0.2) is 18.2 Å². The van der Waals surface area contributed by atoms with Crippen molar-refractivity contribution in [2.45, 2.75) is 89.9 Å². The first-order valence-electron chi connectivity index (χ1n) is 16.9. The van der Waals surface area contributed by atoms with Crippen LogP contribution in [0.15, 0.2) is 70.0 Å². The Morgan fingerprint density at radius 3 is 2.22 bits per heavy atom. The predicted molar refractivity (Wildman–Crippen MR) is 197 cm³/mol. The average molecular weight is 729 g/mol. The standard InChI is InChI=1S/C36H52N6O6S2/c1-8-26(6)33(40-36(45)41(7)21-29-23-49-35(38-29)25(4)5)34(44)39-31(18-27-12-10-9-11-13-27)32(43)22-42(20-24(2)3)50(47,48)30-16-14-28(15-17-30)19-37-46/h9-17,19,23-26,31-33,43,46H,8,18,20-22H2,1-7H3,(H,39,44)(H,40,45)/b37-19+/t26-,31-,32?,33+/m0/s1. The molecule has 0 bridgehead atoms. The van der Waals surface area contributed by atoms with E-state index in [2.05, 4.69) is 34.6 Å². The fraction of sp³-hybridized carbons (Fsp3) is 0.500. The van der Waals surface area contributed by atoms with Gasteiger partial charge in [0.15, 0.2) is 0 Å². The number of benzene rings is 2. The van der Waals surface area contributed by atoms with Gasteiger partial charge in [0.05, 0.1) is 40.5 Å². The average Bonchev–Trinajstić information content (AvgIpc) is 3.55. The second-order valence-electron chi connectivity index (χ2n) is 13.4. The third-order valence-electron chi connectivity index (χ3n) is 8.36. The number of carbonyl (C=O) groups is 2. The molecule has 3 aromatic rings. The van der Waals surface area contributed by atoms with E-state index in [0.29, 0.717) is 12.0 Å². The van der Waals surface area contributed by atoms with Crippen LogP contribution in [0.5, 0.6) is 0 Å². The first-order valence-corrected chi connectivity index (χ1v) is 19.2. The van der Waals surface area contributed by atoms with Gasteiger partial charge in [0, 0.05) is 31.4 Å². The maximum absolute atomic E-state index is 14.0. The number of carbonyl (C=O) groups excluding carboxylic acids is 2. The van der Waals surface area contributed by atoms with Crippen LogP contribution in [0.25, 0.3) is 0 Å². The Kier molecular flexibility index (Phi) is 15.4. The first-order chi connectivity index (χ1) is 23.7. The molecule has 3 amide bonds. The molecule has 12 nitrogen and oxygen atoms in total. The van der Waals surface area contributed by atoms with Crippen LogP contribution in [0.4, 0.5) is 4.79 Å². The molecule has 274 valence electrons. The minimum atomic E-state index is -4.06. The molecule has 0 saturated heterocycles. The molecule has 3 rings (SSSR count). The first kappa shape index (κ1) is 40.6. The number of aliphatic hydroxyl groups excluding tert-OH is 1. The van der Waals surface area contributed by atoms with Crippen LogP contribution in [0.1, 0.15) is 75.7 Å². The summed E-state index contributed by atoms with van der Waals surface area (Å²) in [5.41, 5.74) is 2.12. The van der Waals surface area contributed by atoms with E-state index in [-0.39, 0.29) is 48.7 Å². The lowest BCUT2D eigenvalue weighted by molar-refractivity contribution is -0.125. The van der Waals surface area contributed by atoms with Gasteiger partial charge in [-0.2, -0.15) is 4.31 Å². The summed E-state index contributed by atoms with van der Waals surface area (Å²) in [5.74, 6) is -0.507. The van der Waals surface area contributed by atoms with Gasteiger partial charge in [0.2, 0.25) is 15.9 Å². The van der Waals surface area contributed by atoms with Gasteiger partial charge in [0.1, 0.15) is 6.04 Å². The lowest BCUT2D eigenvalue weighted by Crippen LogP contribution is -2.58. The Hall–Kier alpha value is -3.85. The number of urea groups is 1. The van der Waals surface area contributed by atoms with Crippen LogP contribution in [0.3, 0.4) is 0 Å². The van der Waals surface area contributed by atoms with Gasteiger partial charge >= 0.3 is 6.03 Å². The number of nitrogens with one attached hydrogen (secondary N) is 2. The number of oxime groups is 1. The molecule has 0 saturated carbocycles. The molecule has 50 heavy (non-hydrogen) atoms. The maximum Gasteiger partial charge on any atom is 0.318 e. The Labute approximate surface area is 300 Å². The van der Waals surface area contributed by atoms with Gasteiger partial charge < -0.3 is 25.8 Å². The van der Waals surface area contributed by atoms with E-state index >= 15 is 0 Å². The molecule has 14 heteroatoms. The van der Waals surface area contributed by atoms with Crippen molar-refractivity contribution in [3.05, 3.63) is 81.8 Å². The summed E-state index contributed by atoms with van der Waals surface area (Å²) in [7, 11) is -2.41. The number of thiazole rings is 1. The second-order valence-corrected chi connectivity index (χ2v) is 16.2. The molecule has 0 radical (unpaired) electrons. The van der Waals surface area contributed by atoms with Crippen LogP contribution in [0, 0.1) is 11.8 Å². The summed E-state index contributed by atoms with van der Waals surface area (Å²) in [6.45, 7) is 11.8. The van der Waals surface area contributed by atoms with Crippen molar-refractivity contribution < 1.29 is 28.3 Å². The smallest absolute Gasteiger partial charge is 0.318 e. The predicted octanol–water partition coefficient (Wildman–Crippen LogP) is 5.07. The molecule has 0 aliphatic rings. The molecule has 1 heterocycles. The topological polar surface area (TPSA) is 165 Å². The number of rotatable bonds is 18. The highest BCUT2D eigenvalue weighted by atomic mass is 32.2. The molecule has 0 aliphatic carbocycles.